The minimum absolute atomic E-state index is 0.0412. The average Bonchev–Trinajstić information content (AvgIpc) is 3.21. The van der Waals surface area contributed by atoms with Crippen molar-refractivity contribution in [1.82, 2.24) is 0 Å². The average molecular weight is 801 g/mol. The first-order valence-corrected chi connectivity index (χ1v) is 22.8. The molecular formula is C58H72O2. The molecule has 0 saturated carbocycles. The highest BCUT2D eigenvalue weighted by Crippen LogP contribution is 2.48. The zero-order chi connectivity index (χ0) is 43.6. The first-order valence-electron chi connectivity index (χ1n) is 22.8. The van der Waals surface area contributed by atoms with Gasteiger partial charge in [0.25, 0.3) is 0 Å². The van der Waals surface area contributed by atoms with Gasteiger partial charge in [-0.1, -0.05) is 172 Å². The first-order chi connectivity index (χ1) is 28.2. The van der Waals surface area contributed by atoms with Crippen LogP contribution in [0.1, 0.15) is 201 Å². The fraction of sp³-hybridized carbons (Fsp3) is 0.448. The molecule has 2 aliphatic carbocycles. The van der Waals surface area contributed by atoms with Gasteiger partial charge in [-0.2, -0.15) is 0 Å². The summed E-state index contributed by atoms with van der Waals surface area (Å²) in [5.74, 6) is -0.104. The Morgan fingerprint density at radius 1 is 0.533 bits per heavy atom. The van der Waals surface area contributed by atoms with Gasteiger partial charge in [0.15, 0.2) is 5.78 Å². The van der Waals surface area contributed by atoms with Gasteiger partial charge >= 0.3 is 0 Å². The molecule has 60 heavy (non-hydrogen) atoms. The van der Waals surface area contributed by atoms with Crippen molar-refractivity contribution in [2.24, 2.45) is 5.92 Å². The SMILES string of the molecule is C=C(CCCCCC(CC(=O)c1ccc(/C=C(\C)c2ccc3c(c2)C(C)(C)CCC3(C)C)cc1)C(C)=O)c1ccc(/C=C(\C)c2ccc3c(c2)C(C)(C)CCC3(C)C)cc1. The maximum absolute atomic E-state index is 13.4. The van der Waals surface area contributed by atoms with Crippen molar-refractivity contribution < 1.29 is 9.59 Å². The van der Waals surface area contributed by atoms with Crippen molar-refractivity contribution in [1.29, 1.82) is 0 Å². The summed E-state index contributed by atoms with van der Waals surface area (Å²) in [5, 5.41) is 0. The summed E-state index contributed by atoms with van der Waals surface area (Å²) in [7, 11) is 0. The van der Waals surface area contributed by atoms with E-state index >= 15 is 0 Å². The predicted octanol–water partition coefficient (Wildman–Crippen LogP) is 15.9. The van der Waals surface area contributed by atoms with E-state index in [9.17, 15) is 9.59 Å². The van der Waals surface area contributed by atoms with Crippen LogP contribution in [0.4, 0.5) is 0 Å². The summed E-state index contributed by atoms with van der Waals surface area (Å²) < 4.78 is 0. The standard InChI is InChI=1S/C58H72O2/c1-39(45-22-18-43(19-23-45)34-40(2)47-26-28-50-52(36-47)57(9,10)32-30-55(50,5)6)16-14-13-15-17-49(42(4)59)38-54(60)46-24-20-44(21-25-46)35-41(3)48-27-29-51-53(37-48)58(11,12)33-31-56(51,7)8/h18-29,34-37,49H,1,13-17,30-33,38H2,2-12H3/b40-34+,41-35+. The van der Waals surface area contributed by atoms with Gasteiger partial charge in [0.05, 0.1) is 0 Å². The fourth-order valence-electron chi connectivity index (χ4n) is 9.76. The molecule has 0 saturated heterocycles. The molecule has 0 aromatic heterocycles. The summed E-state index contributed by atoms with van der Waals surface area (Å²) >= 11 is 0. The monoisotopic (exact) mass is 801 g/mol. The highest BCUT2D eigenvalue weighted by atomic mass is 16.1. The number of Topliss-reactive ketones (excluding diaryl/α,β-unsaturated/α-hetero) is 2. The quantitative estimate of drug-likeness (QED) is 0.0682. The molecule has 0 aliphatic heterocycles. The third kappa shape index (κ3) is 10.3. The van der Waals surface area contributed by atoms with Crippen LogP contribution in [0, 0.1) is 5.92 Å². The molecular weight excluding hydrogens is 729 g/mol. The van der Waals surface area contributed by atoms with E-state index in [1.165, 1.54) is 81.3 Å². The van der Waals surface area contributed by atoms with E-state index in [4.69, 9.17) is 0 Å². The van der Waals surface area contributed by atoms with E-state index in [0.717, 1.165) is 43.2 Å². The molecule has 6 rings (SSSR count). The molecule has 0 spiro atoms. The second kappa shape index (κ2) is 17.8. The normalized spacial score (nSPS) is 18.2. The summed E-state index contributed by atoms with van der Waals surface area (Å²) in [6, 6.07) is 30.8. The van der Waals surface area contributed by atoms with Gasteiger partial charge in [0.2, 0.25) is 0 Å². The molecule has 1 unspecified atom stereocenters. The van der Waals surface area contributed by atoms with E-state index in [1.807, 2.05) is 24.3 Å². The predicted molar refractivity (Wildman–Crippen MR) is 259 cm³/mol. The second-order valence-corrected chi connectivity index (χ2v) is 21.1. The number of carbonyl (C=O) groups excluding carboxylic acids is 2. The molecule has 1 atom stereocenters. The summed E-state index contributed by atoms with van der Waals surface area (Å²) in [5.41, 5.74) is 17.0. The topological polar surface area (TPSA) is 34.1 Å². The third-order valence-electron chi connectivity index (χ3n) is 14.5. The molecule has 316 valence electrons. The molecule has 0 bridgehead atoms. The number of fused-ring (bicyclic) bond motifs is 2. The number of carbonyl (C=O) groups is 2. The third-order valence-corrected chi connectivity index (χ3v) is 14.5. The molecule has 0 N–H and O–H groups in total. The maximum atomic E-state index is 13.4. The lowest BCUT2D eigenvalue weighted by Crippen LogP contribution is -2.33. The van der Waals surface area contributed by atoms with Crippen molar-refractivity contribution in [3.05, 3.63) is 147 Å². The van der Waals surface area contributed by atoms with Crippen LogP contribution in [0.3, 0.4) is 0 Å². The van der Waals surface area contributed by atoms with E-state index in [2.05, 4.69) is 149 Å². The highest BCUT2D eigenvalue weighted by Gasteiger charge is 2.38. The number of unbranched alkanes of at least 4 members (excludes halogenated alkanes) is 2. The zero-order valence-corrected chi connectivity index (χ0v) is 38.9. The number of ketones is 2. The molecule has 0 fully saturated rings. The largest absolute Gasteiger partial charge is 0.300 e. The Morgan fingerprint density at radius 3 is 1.37 bits per heavy atom. The van der Waals surface area contributed by atoms with E-state index < -0.39 is 0 Å². The minimum atomic E-state index is -0.246. The van der Waals surface area contributed by atoms with Crippen LogP contribution in [0.5, 0.6) is 0 Å². The lowest BCUT2D eigenvalue weighted by Gasteiger charge is -2.42. The van der Waals surface area contributed by atoms with Crippen LogP contribution in [-0.4, -0.2) is 11.6 Å². The maximum Gasteiger partial charge on any atom is 0.163 e. The van der Waals surface area contributed by atoms with E-state index in [0.29, 0.717) is 5.56 Å². The number of hydrogen-bond donors (Lipinski definition) is 0. The summed E-state index contributed by atoms with van der Waals surface area (Å²) in [6.07, 6.45) is 14.2. The van der Waals surface area contributed by atoms with Gasteiger partial charge in [-0.25, -0.2) is 0 Å². The molecule has 2 heteroatoms. The van der Waals surface area contributed by atoms with Gasteiger partial charge in [-0.3, -0.25) is 9.59 Å². The van der Waals surface area contributed by atoms with Gasteiger partial charge in [0, 0.05) is 17.9 Å². The van der Waals surface area contributed by atoms with Crippen LogP contribution in [0.25, 0.3) is 28.9 Å². The van der Waals surface area contributed by atoms with Crippen molar-refractivity contribution in [2.75, 3.05) is 0 Å². The number of rotatable bonds is 15. The first kappa shape index (κ1) is 45.0. The van der Waals surface area contributed by atoms with Gasteiger partial charge in [0.1, 0.15) is 5.78 Å². The van der Waals surface area contributed by atoms with Gasteiger partial charge in [-0.15, -0.1) is 0 Å². The Kier molecular flexibility index (Phi) is 13.3. The number of benzene rings is 4. The Labute approximate surface area is 363 Å². The van der Waals surface area contributed by atoms with E-state index in [1.54, 1.807) is 6.92 Å². The molecule has 0 radical (unpaired) electrons. The van der Waals surface area contributed by atoms with Crippen molar-refractivity contribution in [3.8, 4) is 0 Å². The van der Waals surface area contributed by atoms with Crippen molar-refractivity contribution >= 4 is 40.4 Å². The molecule has 2 aliphatic rings. The van der Waals surface area contributed by atoms with Crippen LogP contribution in [0.15, 0.2) is 91.5 Å². The van der Waals surface area contributed by atoms with E-state index in [-0.39, 0.29) is 45.6 Å². The van der Waals surface area contributed by atoms with Crippen LogP contribution in [0.2, 0.25) is 0 Å². The number of allylic oxidation sites excluding steroid dienone is 3. The summed E-state index contributed by atoms with van der Waals surface area (Å²) in [6.45, 7) is 29.4. The molecule has 0 heterocycles. The Bertz CT molecular complexity index is 2280. The molecule has 4 aromatic carbocycles. The Balaban J connectivity index is 0.969. The number of hydrogen-bond acceptors (Lipinski definition) is 2. The molecule has 4 aromatic rings. The van der Waals surface area contributed by atoms with Crippen LogP contribution >= 0.6 is 0 Å². The lowest BCUT2D eigenvalue weighted by molar-refractivity contribution is -0.120. The van der Waals surface area contributed by atoms with Crippen LogP contribution in [-0.2, 0) is 26.5 Å². The highest BCUT2D eigenvalue weighted by molar-refractivity contribution is 5.99. The smallest absolute Gasteiger partial charge is 0.163 e. The Morgan fingerprint density at radius 2 is 0.933 bits per heavy atom. The van der Waals surface area contributed by atoms with Crippen molar-refractivity contribution in [2.45, 2.75) is 162 Å². The molecule has 0 amide bonds. The zero-order valence-electron chi connectivity index (χ0n) is 38.9. The fourth-order valence-corrected chi connectivity index (χ4v) is 9.76. The van der Waals surface area contributed by atoms with Gasteiger partial charge < -0.3 is 0 Å². The Hall–Kier alpha value is -4.56. The lowest BCUT2D eigenvalue weighted by atomic mass is 9.63. The second-order valence-electron chi connectivity index (χ2n) is 21.1. The van der Waals surface area contributed by atoms with Crippen LogP contribution < -0.4 is 0 Å². The summed E-state index contributed by atoms with van der Waals surface area (Å²) in [4.78, 5) is 26.0. The molecule has 2 nitrogen and oxygen atoms in total. The van der Waals surface area contributed by atoms with Crippen molar-refractivity contribution in [3.63, 3.8) is 0 Å². The van der Waals surface area contributed by atoms with Gasteiger partial charge in [-0.05, 0) is 154 Å². The minimum Gasteiger partial charge on any atom is -0.300 e.